The molecule has 0 aliphatic rings. The Bertz CT molecular complexity index is 662. The summed E-state index contributed by atoms with van der Waals surface area (Å²) < 4.78 is 13.5. The number of phenols is 1. The van der Waals surface area contributed by atoms with Gasteiger partial charge in [0.05, 0.1) is 6.42 Å². The third-order valence-electron chi connectivity index (χ3n) is 2.79. The van der Waals surface area contributed by atoms with Crippen molar-refractivity contribution in [1.82, 2.24) is 0 Å². The number of benzene rings is 2. The van der Waals surface area contributed by atoms with E-state index in [1.807, 2.05) is 0 Å². The van der Waals surface area contributed by atoms with Gasteiger partial charge in [-0.2, -0.15) is 0 Å². The summed E-state index contributed by atoms with van der Waals surface area (Å²) in [6, 6.07) is 9.69. The summed E-state index contributed by atoms with van der Waals surface area (Å²) in [4.78, 5) is 22.5. The first kappa shape index (κ1) is 14.5. The average molecular weight is 289 g/mol. The van der Waals surface area contributed by atoms with Gasteiger partial charge in [0.25, 0.3) is 5.91 Å². The molecule has 1 amide bonds. The van der Waals surface area contributed by atoms with E-state index in [2.05, 4.69) is 5.32 Å². The van der Waals surface area contributed by atoms with Crippen molar-refractivity contribution in [1.29, 1.82) is 0 Å². The van der Waals surface area contributed by atoms with Gasteiger partial charge in [-0.25, -0.2) is 4.39 Å². The Hall–Kier alpha value is -2.89. The van der Waals surface area contributed by atoms with Crippen molar-refractivity contribution >= 4 is 17.6 Å². The maximum atomic E-state index is 13.5. The number of carboxylic acid groups (broad SMARTS) is 1. The fraction of sp³-hybridized carbons (Fsp3) is 0.0667. The van der Waals surface area contributed by atoms with E-state index in [1.165, 1.54) is 24.3 Å². The van der Waals surface area contributed by atoms with Crippen LogP contribution in [0.4, 0.5) is 10.1 Å². The van der Waals surface area contributed by atoms with Gasteiger partial charge in [-0.1, -0.05) is 18.2 Å². The van der Waals surface area contributed by atoms with Crippen LogP contribution in [0.3, 0.4) is 0 Å². The minimum Gasteiger partial charge on any atom is -0.507 e. The molecule has 0 saturated carbocycles. The Balaban J connectivity index is 2.14. The zero-order valence-corrected chi connectivity index (χ0v) is 10.8. The Morgan fingerprint density at radius 1 is 1.10 bits per heavy atom. The molecule has 2 rings (SSSR count). The second kappa shape index (κ2) is 6.04. The lowest BCUT2D eigenvalue weighted by atomic mass is 10.1. The molecule has 0 fully saturated rings. The number of rotatable bonds is 4. The lowest BCUT2D eigenvalue weighted by Gasteiger charge is -2.08. The molecule has 0 radical (unpaired) electrons. The van der Waals surface area contributed by atoms with E-state index >= 15 is 0 Å². The van der Waals surface area contributed by atoms with Crippen molar-refractivity contribution in [2.24, 2.45) is 0 Å². The first-order valence-corrected chi connectivity index (χ1v) is 6.07. The van der Waals surface area contributed by atoms with Crippen LogP contribution in [0, 0.1) is 5.82 Å². The molecule has 0 aliphatic heterocycles. The lowest BCUT2D eigenvalue weighted by molar-refractivity contribution is -0.136. The lowest BCUT2D eigenvalue weighted by Crippen LogP contribution is -2.14. The van der Waals surface area contributed by atoms with Crippen LogP contribution >= 0.6 is 0 Å². The van der Waals surface area contributed by atoms with E-state index in [-0.39, 0.29) is 6.42 Å². The smallest absolute Gasteiger partial charge is 0.307 e. The fourth-order valence-electron chi connectivity index (χ4n) is 1.81. The number of hydrogen-bond donors (Lipinski definition) is 3. The van der Waals surface area contributed by atoms with Crippen LogP contribution in [0.5, 0.6) is 5.75 Å². The number of aliphatic carboxylic acids is 1. The van der Waals surface area contributed by atoms with Crippen LogP contribution < -0.4 is 5.32 Å². The molecule has 0 aromatic heterocycles. The molecule has 3 N–H and O–H groups in total. The summed E-state index contributed by atoms with van der Waals surface area (Å²) in [5, 5.41) is 20.6. The van der Waals surface area contributed by atoms with Crippen molar-refractivity contribution in [2.45, 2.75) is 6.42 Å². The molecule has 0 spiro atoms. The monoisotopic (exact) mass is 289 g/mol. The molecular weight excluding hydrogens is 277 g/mol. The van der Waals surface area contributed by atoms with E-state index in [9.17, 15) is 19.1 Å². The van der Waals surface area contributed by atoms with E-state index in [1.54, 1.807) is 12.1 Å². The molecule has 21 heavy (non-hydrogen) atoms. The van der Waals surface area contributed by atoms with Crippen molar-refractivity contribution in [3.8, 4) is 5.75 Å². The molecule has 2 aromatic rings. The molecule has 0 atom stereocenters. The van der Waals surface area contributed by atoms with Crippen molar-refractivity contribution < 1.29 is 24.2 Å². The van der Waals surface area contributed by atoms with Crippen LogP contribution in [-0.2, 0) is 11.2 Å². The SMILES string of the molecule is O=C(O)Cc1ccc(NC(=O)c2c(O)cccc2F)cc1. The van der Waals surface area contributed by atoms with Gasteiger partial charge in [0.1, 0.15) is 17.1 Å². The summed E-state index contributed by atoms with van der Waals surface area (Å²) in [6.45, 7) is 0. The Kier molecular flexibility index (Phi) is 4.18. The van der Waals surface area contributed by atoms with Crippen LogP contribution in [0.1, 0.15) is 15.9 Å². The van der Waals surface area contributed by atoms with Crippen LogP contribution in [0.15, 0.2) is 42.5 Å². The van der Waals surface area contributed by atoms with E-state index < -0.39 is 29.0 Å². The number of amides is 1. The van der Waals surface area contributed by atoms with Gasteiger partial charge in [-0.15, -0.1) is 0 Å². The minimum absolute atomic E-state index is 0.123. The zero-order chi connectivity index (χ0) is 15.4. The molecule has 5 nitrogen and oxygen atoms in total. The molecule has 0 heterocycles. The Labute approximate surface area is 119 Å². The van der Waals surface area contributed by atoms with E-state index in [0.717, 1.165) is 6.07 Å². The normalized spacial score (nSPS) is 10.1. The van der Waals surface area contributed by atoms with Crippen molar-refractivity contribution in [3.05, 3.63) is 59.4 Å². The Morgan fingerprint density at radius 2 is 1.76 bits per heavy atom. The third kappa shape index (κ3) is 3.56. The van der Waals surface area contributed by atoms with E-state index in [0.29, 0.717) is 11.3 Å². The molecule has 0 saturated heterocycles. The second-order valence-corrected chi connectivity index (χ2v) is 4.36. The molecule has 0 unspecified atom stereocenters. The Morgan fingerprint density at radius 3 is 2.33 bits per heavy atom. The second-order valence-electron chi connectivity index (χ2n) is 4.36. The molecular formula is C15H12FNO4. The fourth-order valence-corrected chi connectivity index (χ4v) is 1.81. The van der Waals surface area contributed by atoms with Gasteiger partial charge >= 0.3 is 5.97 Å². The average Bonchev–Trinajstić information content (AvgIpc) is 2.40. The highest BCUT2D eigenvalue weighted by Gasteiger charge is 2.16. The summed E-state index contributed by atoms with van der Waals surface area (Å²) in [6.07, 6.45) is -0.123. The molecule has 108 valence electrons. The number of carbonyl (C=O) groups excluding carboxylic acids is 1. The topological polar surface area (TPSA) is 86.6 Å². The number of aromatic hydroxyl groups is 1. The highest BCUT2D eigenvalue weighted by molar-refractivity contribution is 6.06. The molecule has 0 aliphatic carbocycles. The standard InChI is InChI=1S/C15H12FNO4/c16-11-2-1-3-12(18)14(11)15(21)17-10-6-4-9(5-7-10)8-13(19)20/h1-7,18H,8H2,(H,17,21)(H,19,20). The number of halogens is 1. The maximum Gasteiger partial charge on any atom is 0.307 e. The van der Waals surface area contributed by atoms with Crippen LogP contribution in [0.2, 0.25) is 0 Å². The highest BCUT2D eigenvalue weighted by Crippen LogP contribution is 2.21. The molecule has 0 bridgehead atoms. The van der Waals surface area contributed by atoms with Gasteiger partial charge in [0.15, 0.2) is 0 Å². The van der Waals surface area contributed by atoms with Gasteiger partial charge in [-0.3, -0.25) is 9.59 Å². The number of carbonyl (C=O) groups is 2. The first-order chi connectivity index (χ1) is 9.97. The summed E-state index contributed by atoms with van der Waals surface area (Å²) >= 11 is 0. The van der Waals surface area contributed by atoms with Crippen molar-refractivity contribution in [2.75, 3.05) is 5.32 Å². The number of carboxylic acids is 1. The highest BCUT2D eigenvalue weighted by atomic mass is 19.1. The van der Waals surface area contributed by atoms with Crippen molar-refractivity contribution in [3.63, 3.8) is 0 Å². The number of nitrogens with one attached hydrogen (secondary N) is 1. The molecule has 6 heteroatoms. The number of phenolic OH excluding ortho intramolecular Hbond substituents is 1. The van der Waals surface area contributed by atoms with E-state index in [4.69, 9.17) is 5.11 Å². The maximum absolute atomic E-state index is 13.5. The number of anilines is 1. The van der Waals surface area contributed by atoms with Crippen LogP contribution in [-0.4, -0.2) is 22.1 Å². The summed E-state index contributed by atoms with van der Waals surface area (Å²) in [5.41, 5.74) is 0.512. The van der Waals surface area contributed by atoms with Crippen LogP contribution in [0.25, 0.3) is 0 Å². The van der Waals surface area contributed by atoms with Gasteiger partial charge in [-0.05, 0) is 29.8 Å². The summed E-state index contributed by atoms with van der Waals surface area (Å²) in [7, 11) is 0. The van der Waals surface area contributed by atoms with Gasteiger partial charge in [0.2, 0.25) is 0 Å². The zero-order valence-electron chi connectivity index (χ0n) is 10.8. The largest absolute Gasteiger partial charge is 0.507 e. The van der Waals surface area contributed by atoms with Gasteiger partial charge < -0.3 is 15.5 Å². The summed E-state index contributed by atoms with van der Waals surface area (Å²) in [5.74, 6) is -3.01. The first-order valence-electron chi connectivity index (χ1n) is 6.07. The molecule has 2 aromatic carbocycles. The van der Waals surface area contributed by atoms with Gasteiger partial charge in [0, 0.05) is 5.69 Å². The number of hydrogen-bond acceptors (Lipinski definition) is 3. The quantitative estimate of drug-likeness (QED) is 0.806. The predicted octanol–water partition coefficient (Wildman–Crippen LogP) is 2.41. The predicted molar refractivity (Wildman–Crippen MR) is 73.8 cm³/mol. The minimum atomic E-state index is -0.955. The third-order valence-corrected chi connectivity index (χ3v) is 2.79.